The van der Waals surface area contributed by atoms with Gasteiger partial charge in [-0.2, -0.15) is 0 Å². The average molecular weight is 1180 g/mol. The van der Waals surface area contributed by atoms with E-state index in [9.17, 15) is 39.6 Å². The number of halogens is 2. The number of aryl methyl sites for hydroxylation is 2. The number of amides is 2. The number of carbonyl (C=O) groups excluding carboxylic acids is 4. The number of carboxylic acid groups (broad SMARTS) is 2. The van der Waals surface area contributed by atoms with E-state index in [-0.39, 0.29) is 112 Å². The first-order valence-electron chi connectivity index (χ1n) is 25.4. The Labute approximate surface area is 509 Å². The van der Waals surface area contributed by atoms with Gasteiger partial charge in [-0.1, -0.05) is 75.2 Å². The van der Waals surface area contributed by atoms with E-state index in [4.69, 9.17) is 60.5 Å². The van der Waals surface area contributed by atoms with Gasteiger partial charge >= 0.3 is 37.7 Å². The summed E-state index contributed by atoms with van der Waals surface area (Å²) in [6.45, 7) is 10.7. The van der Waals surface area contributed by atoms with Crippen LogP contribution in [0.1, 0.15) is 96.8 Å². The van der Waals surface area contributed by atoms with Gasteiger partial charge in [-0.15, -0.1) is 0 Å². The number of hydrogen-bond donors (Lipinski definition) is 2. The molecule has 4 atom stereocenters. The normalized spacial score (nSPS) is 17.2. The van der Waals surface area contributed by atoms with Crippen LogP contribution in [0, 0.1) is 24.7 Å². The zero-order valence-corrected chi connectivity index (χ0v) is 50.5. The van der Waals surface area contributed by atoms with Crippen LogP contribution in [0.5, 0.6) is 23.0 Å². The third kappa shape index (κ3) is 15.0. The Morgan fingerprint density at radius 3 is 1.30 bits per heavy atom. The van der Waals surface area contributed by atoms with Gasteiger partial charge < -0.3 is 77.1 Å². The number of aromatic nitrogens is 2. The molecule has 8 rings (SSSR count). The zero-order chi connectivity index (χ0) is 58.4. The molecule has 6 aromatic rings. The van der Waals surface area contributed by atoms with Crippen LogP contribution in [-0.2, 0) is 54.3 Å². The topological polar surface area (TPSA) is 269 Å². The number of carbonyl (C=O) groups is 4. The molecule has 2 aliphatic rings. The summed E-state index contributed by atoms with van der Waals surface area (Å²) in [5.41, 5.74) is 3.05. The second-order valence-electron chi connectivity index (χ2n) is 20.8. The summed E-state index contributed by atoms with van der Waals surface area (Å²) in [4.78, 5) is 62.5. The number of oxazole rings is 2. The molecule has 0 saturated carbocycles. The van der Waals surface area contributed by atoms with Crippen LogP contribution in [0.15, 0.2) is 81.6 Å². The number of fused-ring (bicyclic) bond motifs is 2. The van der Waals surface area contributed by atoms with E-state index in [1.165, 1.54) is 28.4 Å². The van der Waals surface area contributed by atoms with Crippen LogP contribution in [-0.4, -0.2) is 149 Å². The number of aliphatic hydroxyl groups is 2. The number of hydrogen-bond acceptors (Lipinski definition) is 18. The van der Waals surface area contributed by atoms with Crippen LogP contribution in [0.4, 0.5) is 11.4 Å². The predicted molar refractivity (Wildman–Crippen MR) is 295 cm³/mol. The maximum Gasteiger partial charge on any atom is 2.00 e. The molecule has 81 heavy (non-hydrogen) atoms. The van der Waals surface area contributed by atoms with E-state index >= 15 is 0 Å². The summed E-state index contributed by atoms with van der Waals surface area (Å²) in [6, 6.07) is 21.1. The van der Waals surface area contributed by atoms with Crippen molar-refractivity contribution < 1.29 is 76.9 Å². The van der Waals surface area contributed by atoms with Gasteiger partial charge in [-0.25, -0.2) is 9.97 Å². The van der Waals surface area contributed by atoms with Crippen LogP contribution < -0.4 is 39.0 Å². The van der Waals surface area contributed by atoms with Crippen molar-refractivity contribution in [2.45, 2.75) is 91.6 Å². The molecule has 0 radical (unpaired) electrons. The molecule has 428 valence electrons. The second-order valence-corrected chi connectivity index (χ2v) is 21.7. The monoisotopic (exact) mass is 1180 g/mol. The largest absolute Gasteiger partial charge is 2.00 e. The number of aliphatic carboxylic acids is 2. The van der Waals surface area contributed by atoms with Gasteiger partial charge in [0.2, 0.25) is 0 Å². The fourth-order valence-electron chi connectivity index (χ4n) is 9.47. The van der Waals surface area contributed by atoms with Crippen molar-refractivity contribution in [2.75, 3.05) is 64.5 Å². The van der Waals surface area contributed by atoms with Crippen molar-refractivity contribution in [2.24, 2.45) is 10.8 Å². The number of benzene rings is 4. The van der Waals surface area contributed by atoms with Crippen LogP contribution in [0.25, 0.3) is 0 Å². The van der Waals surface area contributed by atoms with Gasteiger partial charge in [0.15, 0.2) is 34.8 Å². The molecule has 0 fully saturated rings. The maximum absolute atomic E-state index is 14.2. The Bertz CT molecular complexity index is 3020. The molecule has 0 bridgehead atoms. The predicted octanol–water partition coefficient (Wildman–Crippen LogP) is 5.68. The van der Waals surface area contributed by atoms with Crippen LogP contribution >= 0.6 is 23.2 Å². The standard InChI is InChI=1S/2C29H33ClN2O8.Ca/c2*1-16-22(13-25(34)35)39-24(31-16)12-23-28(36)32(14-29(2,3)15-33)20-10-9-17(30)11-19(20)26(40-23)18-7-6-8-21(37-4)27(18)38-5;/h2*6-11,23,26,33H,12-15H2,1-5H3,(H,34,35);/q;;+2/p-2/t2*23-,26-;/m11./s1. The zero-order valence-electron chi connectivity index (χ0n) is 46.8. The quantitative estimate of drug-likeness (QED) is 0.0871. The molecule has 2 N–H and O–H groups in total. The van der Waals surface area contributed by atoms with Crippen LogP contribution in [0.3, 0.4) is 0 Å². The molecule has 0 unspecified atom stereocenters. The van der Waals surface area contributed by atoms with E-state index in [1.54, 1.807) is 84.3 Å². The summed E-state index contributed by atoms with van der Waals surface area (Å²) in [5, 5.41) is 43.3. The number of methoxy groups -OCH3 is 4. The van der Waals surface area contributed by atoms with Gasteiger partial charge in [-0.3, -0.25) is 9.59 Å². The molecule has 2 aliphatic heterocycles. The maximum atomic E-state index is 14.2. The number of rotatable bonds is 20. The van der Waals surface area contributed by atoms with E-state index < -0.39 is 60.0 Å². The number of aliphatic hydroxyl groups excluding tert-OH is 2. The molecular formula is C58H64CaCl2N4O16. The van der Waals surface area contributed by atoms with Crippen molar-refractivity contribution in [3.63, 3.8) is 0 Å². The van der Waals surface area contributed by atoms with Gasteiger partial charge in [0.1, 0.15) is 35.9 Å². The Morgan fingerprint density at radius 2 is 0.975 bits per heavy atom. The van der Waals surface area contributed by atoms with Crippen molar-refractivity contribution in [3.8, 4) is 23.0 Å². The molecule has 0 aliphatic carbocycles. The van der Waals surface area contributed by atoms with Crippen molar-refractivity contribution in [1.82, 2.24) is 9.97 Å². The summed E-state index contributed by atoms with van der Waals surface area (Å²) in [5.74, 6) is -0.961. The fraction of sp³-hybridized carbons (Fsp3) is 0.414. The molecule has 4 aromatic carbocycles. The van der Waals surface area contributed by atoms with E-state index in [2.05, 4.69) is 9.97 Å². The molecule has 0 spiro atoms. The summed E-state index contributed by atoms with van der Waals surface area (Å²) in [7, 11) is 6.09. The van der Waals surface area contributed by atoms with Gasteiger partial charge in [0.25, 0.3) is 11.8 Å². The Balaban J connectivity index is 0.000000258. The minimum absolute atomic E-state index is 0. The first-order valence-corrected chi connectivity index (χ1v) is 26.2. The Kier molecular flexibility index (Phi) is 21.7. The molecule has 20 nitrogen and oxygen atoms in total. The number of carboxylic acids is 2. The first-order chi connectivity index (χ1) is 37.9. The number of para-hydroxylation sites is 2. The molecule has 2 amide bonds. The first kappa shape index (κ1) is 64.2. The average Bonchev–Trinajstić information content (AvgIpc) is 3.89. The molecule has 23 heteroatoms. The van der Waals surface area contributed by atoms with Crippen LogP contribution in [0.2, 0.25) is 10.0 Å². The van der Waals surface area contributed by atoms with Gasteiger partial charge in [0, 0.05) is 106 Å². The van der Waals surface area contributed by atoms with E-state index in [0.717, 1.165) is 0 Å². The van der Waals surface area contributed by atoms with Crippen molar-refractivity contribution in [3.05, 3.63) is 140 Å². The van der Waals surface area contributed by atoms with E-state index in [0.29, 0.717) is 78.1 Å². The van der Waals surface area contributed by atoms with Crippen molar-refractivity contribution >= 4 is 96.1 Å². The summed E-state index contributed by atoms with van der Waals surface area (Å²) in [6.07, 6.45) is -4.89. The third-order valence-corrected chi connectivity index (χ3v) is 13.9. The minimum Gasteiger partial charge on any atom is -0.550 e. The number of ether oxygens (including phenoxy) is 6. The van der Waals surface area contributed by atoms with Crippen molar-refractivity contribution in [1.29, 1.82) is 0 Å². The summed E-state index contributed by atoms with van der Waals surface area (Å²) >= 11 is 12.9. The van der Waals surface area contributed by atoms with E-state index in [1.807, 2.05) is 39.8 Å². The molecule has 4 heterocycles. The smallest absolute Gasteiger partial charge is 0.550 e. The Morgan fingerprint density at radius 1 is 0.605 bits per heavy atom. The summed E-state index contributed by atoms with van der Waals surface area (Å²) < 4.78 is 47.0. The minimum atomic E-state index is -1.30. The number of anilines is 2. The SMILES string of the molecule is COc1cccc([C@H]2O[C@H](Cc3nc(C)c(CC(=O)[O-])o3)C(=O)N(CC(C)(C)CO)c3ccc(Cl)cc32)c1OC.COc1cccc([C@H]2O[C@H](Cc3nc(C)c(CC(=O)[O-])o3)C(=O)N(CC(C)(C)CO)c3ccc(Cl)cc32)c1OC.[Ca+2]. The Hall–Kier alpha value is -5.94. The molecule has 0 saturated heterocycles. The third-order valence-electron chi connectivity index (χ3n) is 13.5. The fourth-order valence-corrected chi connectivity index (χ4v) is 9.83. The molecular weight excluding hydrogens is 1120 g/mol. The van der Waals surface area contributed by atoms with Gasteiger partial charge in [-0.05, 0) is 62.4 Å². The van der Waals surface area contributed by atoms with Gasteiger partial charge in [0.05, 0.1) is 52.7 Å². The molecule has 2 aromatic heterocycles. The second kappa shape index (κ2) is 27.4. The number of nitrogens with zero attached hydrogens (tertiary/aromatic N) is 4.